The number of nitrogens with zero attached hydrogens (tertiary/aromatic N) is 2. The average molecular weight is 272 g/mol. The van der Waals surface area contributed by atoms with E-state index < -0.39 is 11.7 Å². The van der Waals surface area contributed by atoms with Crippen molar-refractivity contribution in [3.8, 4) is 0 Å². The molecule has 1 aromatic rings. The number of hydrogen-bond donors (Lipinski definition) is 2. The number of rotatable bonds is 4. The molecule has 2 N–H and O–H groups in total. The molecule has 0 bridgehead atoms. The van der Waals surface area contributed by atoms with Gasteiger partial charge in [0.15, 0.2) is 0 Å². The second-order valence-electron chi connectivity index (χ2n) is 4.46. The maximum absolute atomic E-state index is 11.4. The molecule has 0 aliphatic heterocycles. The van der Waals surface area contributed by atoms with Gasteiger partial charge in [-0.3, -0.25) is 4.79 Å². The molecule has 0 spiro atoms. The Bertz CT molecular complexity index is 400. The van der Waals surface area contributed by atoms with E-state index in [2.05, 4.69) is 20.8 Å². The van der Waals surface area contributed by atoms with Gasteiger partial charge in [-0.25, -0.2) is 4.79 Å². The van der Waals surface area contributed by atoms with Crippen molar-refractivity contribution >= 4 is 23.3 Å². The molecule has 7 nitrogen and oxygen atoms in total. The lowest BCUT2D eigenvalue weighted by atomic mass is 10.2. The molecular weight excluding hydrogens is 256 g/mol. The lowest BCUT2D eigenvalue weighted by Crippen LogP contribution is -2.39. The predicted molar refractivity (Wildman–Crippen MR) is 66.0 cm³/mol. The lowest BCUT2D eigenvalue weighted by Gasteiger charge is -2.19. The highest BCUT2D eigenvalue weighted by Crippen LogP contribution is 2.06. The minimum Gasteiger partial charge on any atom is -0.444 e. The first-order valence-corrected chi connectivity index (χ1v) is 6.23. The molecular formula is C10H16N4O3S. The number of hydrogen-bond acceptors (Lipinski definition) is 6. The Hall–Kier alpha value is -1.70. The Balaban J connectivity index is 2.19. The fourth-order valence-electron chi connectivity index (χ4n) is 0.976. The van der Waals surface area contributed by atoms with E-state index in [1.54, 1.807) is 26.3 Å². The highest BCUT2D eigenvalue weighted by Gasteiger charge is 2.16. The molecule has 0 saturated heterocycles. The third-order valence-corrected chi connectivity index (χ3v) is 2.33. The van der Waals surface area contributed by atoms with Crippen LogP contribution in [0.25, 0.3) is 0 Å². The fraction of sp³-hybridized carbons (Fsp3) is 0.600. The number of nitrogens with one attached hydrogen (secondary N) is 2. The van der Waals surface area contributed by atoms with Crippen LogP contribution in [0.3, 0.4) is 0 Å². The van der Waals surface area contributed by atoms with Crippen LogP contribution in [0.4, 0.5) is 4.79 Å². The standard InChI is InChI=1S/C10H16N4O3S/c1-10(2,3)17-9(16)12-4-7(15)11-5-8-14-13-6-18-8/h6H,4-5H2,1-3H3,(H,11,15)(H,12,16). The maximum atomic E-state index is 11.4. The molecule has 18 heavy (non-hydrogen) atoms. The van der Waals surface area contributed by atoms with E-state index in [1.807, 2.05) is 0 Å². The quantitative estimate of drug-likeness (QED) is 0.840. The Labute approximate surface area is 109 Å². The van der Waals surface area contributed by atoms with Crippen LogP contribution in [-0.2, 0) is 16.1 Å². The fourth-order valence-corrected chi connectivity index (χ4v) is 1.44. The summed E-state index contributed by atoms with van der Waals surface area (Å²) < 4.78 is 4.99. The van der Waals surface area contributed by atoms with E-state index >= 15 is 0 Å². The number of alkyl carbamates (subject to hydrolysis) is 1. The highest BCUT2D eigenvalue weighted by atomic mass is 32.1. The molecule has 0 fully saturated rings. The topological polar surface area (TPSA) is 93.2 Å². The zero-order valence-electron chi connectivity index (χ0n) is 10.5. The van der Waals surface area contributed by atoms with Crippen molar-refractivity contribution in [2.75, 3.05) is 6.54 Å². The summed E-state index contributed by atoms with van der Waals surface area (Å²) in [6.45, 7) is 5.43. The summed E-state index contributed by atoms with van der Waals surface area (Å²) in [6, 6.07) is 0. The van der Waals surface area contributed by atoms with Crippen LogP contribution >= 0.6 is 11.3 Å². The third kappa shape index (κ3) is 6.14. The van der Waals surface area contributed by atoms with E-state index in [1.165, 1.54) is 11.3 Å². The molecule has 0 aliphatic carbocycles. The van der Waals surface area contributed by atoms with Crippen molar-refractivity contribution < 1.29 is 14.3 Å². The van der Waals surface area contributed by atoms with Gasteiger partial charge in [-0.15, -0.1) is 21.5 Å². The zero-order valence-corrected chi connectivity index (χ0v) is 11.3. The average Bonchev–Trinajstić information content (AvgIpc) is 2.74. The number of ether oxygens (including phenoxy) is 1. The molecule has 1 rings (SSSR count). The van der Waals surface area contributed by atoms with E-state index in [0.29, 0.717) is 11.6 Å². The highest BCUT2D eigenvalue weighted by molar-refractivity contribution is 7.09. The zero-order chi connectivity index (χ0) is 13.6. The van der Waals surface area contributed by atoms with E-state index in [0.717, 1.165) is 0 Å². The summed E-state index contributed by atoms with van der Waals surface area (Å²) in [5.41, 5.74) is 1.01. The van der Waals surface area contributed by atoms with Crippen LogP contribution in [0.15, 0.2) is 5.51 Å². The minimum atomic E-state index is -0.617. The van der Waals surface area contributed by atoms with E-state index in [-0.39, 0.29) is 12.5 Å². The molecule has 0 aliphatic rings. The van der Waals surface area contributed by atoms with Gasteiger partial charge < -0.3 is 15.4 Å². The summed E-state index contributed by atoms with van der Waals surface area (Å²) in [7, 11) is 0. The smallest absolute Gasteiger partial charge is 0.408 e. The summed E-state index contributed by atoms with van der Waals surface area (Å²) in [5.74, 6) is -0.309. The first kappa shape index (κ1) is 14.4. The molecule has 0 radical (unpaired) electrons. The normalized spacial score (nSPS) is 10.8. The van der Waals surface area contributed by atoms with Crippen LogP contribution in [0.2, 0.25) is 0 Å². The van der Waals surface area contributed by atoms with Gasteiger partial charge in [0, 0.05) is 0 Å². The second-order valence-corrected chi connectivity index (χ2v) is 5.38. The Morgan fingerprint density at radius 1 is 1.39 bits per heavy atom. The number of carbonyl (C=O) groups excluding carboxylic acids is 2. The van der Waals surface area contributed by atoms with E-state index in [9.17, 15) is 9.59 Å². The monoisotopic (exact) mass is 272 g/mol. The van der Waals surface area contributed by atoms with Crippen LogP contribution in [-0.4, -0.2) is 34.3 Å². The van der Waals surface area contributed by atoms with Gasteiger partial charge in [0.25, 0.3) is 0 Å². The van der Waals surface area contributed by atoms with Gasteiger partial charge in [0.2, 0.25) is 5.91 Å². The second kappa shape index (κ2) is 6.29. The van der Waals surface area contributed by atoms with Gasteiger partial charge in [-0.1, -0.05) is 0 Å². The SMILES string of the molecule is CC(C)(C)OC(=O)NCC(=O)NCc1nncs1. The van der Waals surface area contributed by atoms with Crippen molar-refractivity contribution in [3.63, 3.8) is 0 Å². The molecule has 0 atom stereocenters. The van der Waals surface area contributed by atoms with Crippen LogP contribution in [0.1, 0.15) is 25.8 Å². The van der Waals surface area contributed by atoms with Crippen molar-refractivity contribution in [2.24, 2.45) is 0 Å². The first-order chi connectivity index (χ1) is 8.37. The predicted octanol–water partition coefficient (Wildman–Crippen LogP) is 0.679. The van der Waals surface area contributed by atoms with Crippen molar-refractivity contribution in [3.05, 3.63) is 10.5 Å². The largest absolute Gasteiger partial charge is 0.444 e. The van der Waals surface area contributed by atoms with E-state index in [4.69, 9.17) is 4.74 Å². The first-order valence-electron chi connectivity index (χ1n) is 5.35. The maximum Gasteiger partial charge on any atom is 0.408 e. The van der Waals surface area contributed by atoms with Crippen molar-refractivity contribution in [1.82, 2.24) is 20.8 Å². The minimum absolute atomic E-state index is 0.131. The Morgan fingerprint density at radius 3 is 2.67 bits per heavy atom. The van der Waals surface area contributed by atoms with Gasteiger partial charge in [0.1, 0.15) is 22.7 Å². The molecule has 0 aromatic carbocycles. The van der Waals surface area contributed by atoms with Crippen LogP contribution in [0.5, 0.6) is 0 Å². The van der Waals surface area contributed by atoms with Crippen LogP contribution < -0.4 is 10.6 Å². The van der Waals surface area contributed by atoms with Gasteiger partial charge >= 0.3 is 6.09 Å². The van der Waals surface area contributed by atoms with Gasteiger partial charge in [-0.2, -0.15) is 0 Å². The van der Waals surface area contributed by atoms with Crippen molar-refractivity contribution in [1.29, 1.82) is 0 Å². The van der Waals surface area contributed by atoms with Gasteiger partial charge in [-0.05, 0) is 20.8 Å². The molecule has 100 valence electrons. The summed E-state index contributed by atoms with van der Waals surface area (Å²) in [5, 5.41) is 13.1. The molecule has 1 heterocycles. The Kier molecular flexibility index (Phi) is 5.02. The lowest BCUT2D eigenvalue weighted by molar-refractivity contribution is -0.120. The summed E-state index contributed by atoms with van der Waals surface area (Å²) in [4.78, 5) is 22.6. The summed E-state index contributed by atoms with van der Waals surface area (Å²) >= 11 is 1.35. The molecule has 1 aromatic heterocycles. The van der Waals surface area contributed by atoms with Crippen LogP contribution in [0, 0.1) is 0 Å². The molecule has 0 unspecified atom stereocenters. The number of carbonyl (C=O) groups is 2. The van der Waals surface area contributed by atoms with Crippen molar-refractivity contribution in [2.45, 2.75) is 32.9 Å². The summed E-state index contributed by atoms with van der Waals surface area (Å²) in [6.07, 6.45) is -0.617. The van der Waals surface area contributed by atoms with Gasteiger partial charge in [0.05, 0.1) is 6.54 Å². The third-order valence-electron chi connectivity index (χ3n) is 1.63. The molecule has 8 heteroatoms. The number of aromatic nitrogens is 2. The number of amides is 2. The molecule has 0 saturated carbocycles. The Morgan fingerprint density at radius 2 is 2.11 bits per heavy atom. The molecule has 2 amide bonds.